The molecule has 1 aliphatic heterocycles. The van der Waals surface area contributed by atoms with Crippen LogP contribution in [0.2, 0.25) is 0 Å². The van der Waals surface area contributed by atoms with Crippen molar-refractivity contribution in [1.29, 1.82) is 0 Å². The Labute approximate surface area is 174 Å². The number of aromatic nitrogens is 2. The smallest absolute Gasteiger partial charge is 0.191 e. The van der Waals surface area contributed by atoms with Gasteiger partial charge in [-0.2, -0.15) is 16.9 Å². The van der Waals surface area contributed by atoms with E-state index in [9.17, 15) is 0 Å². The van der Waals surface area contributed by atoms with Crippen molar-refractivity contribution in [2.45, 2.75) is 65.0 Å². The first kappa shape index (κ1) is 21.5. The molecule has 1 saturated heterocycles. The molecule has 1 saturated carbocycles. The Hall–Kier alpha value is -1.21. The Kier molecular flexibility index (Phi) is 7.69. The first-order valence-corrected chi connectivity index (χ1v) is 12.1. The minimum atomic E-state index is 0.301. The number of hydrogen-bond acceptors (Lipinski definition) is 4. The summed E-state index contributed by atoms with van der Waals surface area (Å²) in [4.78, 5) is 7.67. The highest BCUT2D eigenvalue weighted by molar-refractivity contribution is 7.99. The number of aliphatic imine (C=N–C) groups is 1. The van der Waals surface area contributed by atoms with Crippen LogP contribution >= 0.6 is 11.8 Å². The second kappa shape index (κ2) is 10.0. The fourth-order valence-electron chi connectivity index (χ4n) is 4.65. The summed E-state index contributed by atoms with van der Waals surface area (Å²) in [6.45, 7) is 11.3. The maximum Gasteiger partial charge on any atom is 0.191 e. The van der Waals surface area contributed by atoms with E-state index in [1.165, 1.54) is 68.0 Å². The van der Waals surface area contributed by atoms with Crippen LogP contribution in [0.5, 0.6) is 0 Å². The van der Waals surface area contributed by atoms with E-state index in [2.05, 4.69) is 53.2 Å². The van der Waals surface area contributed by atoms with Gasteiger partial charge < -0.3 is 10.6 Å². The normalized spacial score (nSPS) is 20.9. The van der Waals surface area contributed by atoms with Crippen LogP contribution in [0.4, 0.5) is 0 Å². The number of hydrogen-bond donors (Lipinski definition) is 2. The fourth-order valence-corrected chi connectivity index (χ4v) is 5.55. The zero-order chi connectivity index (χ0) is 20.0. The van der Waals surface area contributed by atoms with Gasteiger partial charge in [0.2, 0.25) is 0 Å². The van der Waals surface area contributed by atoms with E-state index in [1.807, 2.05) is 11.7 Å². The minimum absolute atomic E-state index is 0.301. The second-order valence-corrected chi connectivity index (χ2v) is 9.43. The summed E-state index contributed by atoms with van der Waals surface area (Å²) in [5, 5.41) is 11.7. The van der Waals surface area contributed by atoms with Crippen LogP contribution in [-0.2, 0) is 13.6 Å². The van der Waals surface area contributed by atoms with Gasteiger partial charge in [0.1, 0.15) is 0 Å². The summed E-state index contributed by atoms with van der Waals surface area (Å²) in [6.07, 6.45) is 6.72. The highest BCUT2D eigenvalue weighted by Crippen LogP contribution is 2.34. The third kappa shape index (κ3) is 5.03. The number of guanidine groups is 1. The van der Waals surface area contributed by atoms with Crippen LogP contribution in [0.1, 0.15) is 56.0 Å². The molecule has 3 rings (SSSR count). The van der Waals surface area contributed by atoms with Gasteiger partial charge in [-0.25, -0.2) is 4.99 Å². The molecule has 28 heavy (non-hydrogen) atoms. The summed E-state index contributed by atoms with van der Waals surface area (Å²) < 4.78 is 1.95. The van der Waals surface area contributed by atoms with Crippen molar-refractivity contribution in [2.75, 3.05) is 37.7 Å². The van der Waals surface area contributed by atoms with Gasteiger partial charge in [0.05, 0.1) is 12.2 Å². The number of nitrogens with one attached hydrogen (secondary N) is 2. The molecule has 1 aromatic rings. The molecule has 1 aliphatic carbocycles. The summed E-state index contributed by atoms with van der Waals surface area (Å²) in [5.74, 6) is 3.48. The van der Waals surface area contributed by atoms with E-state index in [0.717, 1.165) is 24.7 Å². The lowest BCUT2D eigenvalue weighted by Crippen LogP contribution is -2.59. The Morgan fingerprint density at radius 1 is 1.14 bits per heavy atom. The maximum atomic E-state index is 4.90. The summed E-state index contributed by atoms with van der Waals surface area (Å²) in [5.41, 5.74) is 3.82. The zero-order valence-corrected chi connectivity index (χ0v) is 19.0. The predicted octanol–water partition coefficient (Wildman–Crippen LogP) is 2.84. The predicted molar refractivity (Wildman–Crippen MR) is 120 cm³/mol. The van der Waals surface area contributed by atoms with E-state index < -0.39 is 0 Å². The number of thioether (sulfide) groups is 1. The molecule has 0 unspecified atom stereocenters. The Bertz CT molecular complexity index is 656. The molecular weight excluding hydrogens is 368 g/mol. The van der Waals surface area contributed by atoms with Crippen LogP contribution in [0.25, 0.3) is 0 Å². The quantitative estimate of drug-likeness (QED) is 0.562. The summed E-state index contributed by atoms with van der Waals surface area (Å²) >= 11 is 2.10. The van der Waals surface area contributed by atoms with E-state index >= 15 is 0 Å². The lowest BCUT2D eigenvalue weighted by atomic mass is 9.80. The molecule has 0 bridgehead atoms. The Morgan fingerprint density at radius 3 is 2.46 bits per heavy atom. The molecule has 0 radical (unpaired) electrons. The average molecular weight is 407 g/mol. The van der Waals surface area contributed by atoms with E-state index in [4.69, 9.17) is 4.99 Å². The molecule has 1 aromatic heterocycles. The molecular formula is C21H38N6S. The van der Waals surface area contributed by atoms with Crippen LogP contribution in [0, 0.1) is 13.8 Å². The fraction of sp³-hybridized carbons (Fsp3) is 0.810. The molecule has 0 amide bonds. The van der Waals surface area contributed by atoms with Crippen molar-refractivity contribution in [3.8, 4) is 0 Å². The summed E-state index contributed by atoms with van der Waals surface area (Å²) in [6, 6.07) is 0. The van der Waals surface area contributed by atoms with Gasteiger partial charge in [0.25, 0.3) is 0 Å². The van der Waals surface area contributed by atoms with Crippen molar-refractivity contribution in [1.82, 2.24) is 25.3 Å². The lowest BCUT2D eigenvalue weighted by Gasteiger charge is -2.48. The Morgan fingerprint density at radius 2 is 1.86 bits per heavy atom. The standard InChI is InChI=1S/C21H38N6S/c1-5-22-20(23-15-19-17(2)25-26(4)18(19)3)24-16-21(9-7-6-8-10-21)27-11-13-28-14-12-27/h5-16H2,1-4H3,(H2,22,23,24). The molecule has 2 heterocycles. The van der Waals surface area contributed by atoms with E-state index in [0.29, 0.717) is 12.1 Å². The first-order chi connectivity index (χ1) is 13.6. The first-order valence-electron chi connectivity index (χ1n) is 10.9. The van der Waals surface area contributed by atoms with Gasteiger partial charge in [-0.1, -0.05) is 19.3 Å². The zero-order valence-electron chi connectivity index (χ0n) is 18.2. The van der Waals surface area contributed by atoms with E-state index in [1.54, 1.807) is 0 Å². The number of rotatable bonds is 6. The molecule has 158 valence electrons. The molecule has 0 spiro atoms. The van der Waals surface area contributed by atoms with Crippen molar-refractivity contribution >= 4 is 17.7 Å². The molecule has 2 N–H and O–H groups in total. The number of nitrogens with zero attached hydrogens (tertiary/aromatic N) is 4. The third-order valence-electron chi connectivity index (χ3n) is 6.45. The molecule has 0 aromatic carbocycles. The topological polar surface area (TPSA) is 57.5 Å². The largest absolute Gasteiger partial charge is 0.357 e. The second-order valence-electron chi connectivity index (χ2n) is 8.21. The van der Waals surface area contributed by atoms with Crippen LogP contribution in [-0.4, -0.2) is 63.9 Å². The number of aryl methyl sites for hydroxylation is 2. The molecule has 0 atom stereocenters. The van der Waals surface area contributed by atoms with E-state index in [-0.39, 0.29) is 0 Å². The van der Waals surface area contributed by atoms with Crippen LogP contribution < -0.4 is 10.6 Å². The average Bonchev–Trinajstić information content (AvgIpc) is 2.97. The van der Waals surface area contributed by atoms with Crippen LogP contribution in [0.15, 0.2) is 4.99 Å². The van der Waals surface area contributed by atoms with Crippen molar-refractivity contribution in [3.05, 3.63) is 17.0 Å². The van der Waals surface area contributed by atoms with Gasteiger partial charge in [0.15, 0.2) is 5.96 Å². The third-order valence-corrected chi connectivity index (χ3v) is 7.39. The molecule has 2 aliphatic rings. The molecule has 7 heteroatoms. The monoisotopic (exact) mass is 406 g/mol. The minimum Gasteiger partial charge on any atom is -0.357 e. The van der Waals surface area contributed by atoms with Gasteiger partial charge in [-0.05, 0) is 33.6 Å². The van der Waals surface area contributed by atoms with Crippen molar-refractivity contribution < 1.29 is 0 Å². The Balaban J connectivity index is 1.69. The highest BCUT2D eigenvalue weighted by atomic mass is 32.2. The van der Waals surface area contributed by atoms with Crippen LogP contribution in [0.3, 0.4) is 0 Å². The maximum absolute atomic E-state index is 4.90. The SMILES string of the molecule is CCNC(=NCc1c(C)nn(C)c1C)NCC1(N2CCSCC2)CCCCC1. The van der Waals surface area contributed by atoms with Gasteiger partial charge in [-0.3, -0.25) is 9.58 Å². The van der Waals surface area contributed by atoms with Gasteiger partial charge in [0, 0.05) is 61.5 Å². The summed E-state index contributed by atoms with van der Waals surface area (Å²) in [7, 11) is 2.00. The van der Waals surface area contributed by atoms with Gasteiger partial charge >= 0.3 is 0 Å². The van der Waals surface area contributed by atoms with Gasteiger partial charge in [-0.15, -0.1) is 0 Å². The lowest BCUT2D eigenvalue weighted by molar-refractivity contribution is 0.0626. The van der Waals surface area contributed by atoms with Crippen molar-refractivity contribution in [3.63, 3.8) is 0 Å². The molecule has 2 fully saturated rings. The molecule has 6 nitrogen and oxygen atoms in total. The highest BCUT2D eigenvalue weighted by Gasteiger charge is 2.38. The van der Waals surface area contributed by atoms with Crippen molar-refractivity contribution in [2.24, 2.45) is 12.0 Å².